The number of piperidine rings is 1. The Morgan fingerprint density at radius 1 is 1.47 bits per heavy atom. The molecule has 0 spiro atoms. The average Bonchev–Trinajstić information content (AvgIpc) is 2.69. The lowest BCUT2D eigenvalue weighted by Crippen LogP contribution is -2.59. The molecule has 19 heavy (non-hydrogen) atoms. The number of aliphatic hydroxyl groups excluding tert-OH is 1. The maximum atomic E-state index is 12.8. The highest BCUT2D eigenvalue weighted by atomic mass is 16.3. The quantitative estimate of drug-likeness (QED) is 0.760. The lowest BCUT2D eigenvalue weighted by molar-refractivity contribution is -0.140. The zero-order valence-corrected chi connectivity index (χ0v) is 12.4. The Balaban J connectivity index is 2.07. The monoisotopic (exact) mass is 269 g/mol. The second kappa shape index (κ2) is 5.77. The van der Waals surface area contributed by atoms with Crippen LogP contribution >= 0.6 is 0 Å². The summed E-state index contributed by atoms with van der Waals surface area (Å²) in [6, 6.07) is 0.137. The number of nitrogens with zero attached hydrogens (tertiary/aromatic N) is 2. The van der Waals surface area contributed by atoms with Crippen molar-refractivity contribution >= 4 is 5.91 Å². The van der Waals surface area contributed by atoms with Crippen LogP contribution in [0.3, 0.4) is 0 Å². The predicted molar refractivity (Wildman–Crippen MR) is 74.9 cm³/mol. The number of β-amino-alcohol motifs (C(OH)–C–C–N with tert-alkyl or cyclic N) is 1. The van der Waals surface area contributed by atoms with Gasteiger partial charge < -0.3 is 20.2 Å². The van der Waals surface area contributed by atoms with Crippen molar-refractivity contribution in [1.82, 2.24) is 15.1 Å². The van der Waals surface area contributed by atoms with Crippen LogP contribution in [0.4, 0.5) is 0 Å². The molecule has 0 aliphatic carbocycles. The van der Waals surface area contributed by atoms with Crippen molar-refractivity contribution in [3.05, 3.63) is 0 Å². The Kier molecular flexibility index (Phi) is 4.48. The Labute approximate surface area is 115 Å². The van der Waals surface area contributed by atoms with E-state index in [1.54, 1.807) is 0 Å². The number of aliphatic hydroxyl groups is 1. The molecule has 0 aromatic heterocycles. The SMILES string of the molecule is CN(C)CC1CC(O)CN1C(=O)C1(C)CCCCN1. The van der Waals surface area contributed by atoms with Gasteiger partial charge in [0.1, 0.15) is 0 Å². The number of likely N-dealkylation sites (tertiary alicyclic amines) is 1. The summed E-state index contributed by atoms with van der Waals surface area (Å²) in [4.78, 5) is 16.8. The van der Waals surface area contributed by atoms with Gasteiger partial charge in [0.25, 0.3) is 0 Å². The van der Waals surface area contributed by atoms with E-state index in [0.29, 0.717) is 13.0 Å². The molecule has 2 aliphatic heterocycles. The first-order valence-electron chi connectivity index (χ1n) is 7.31. The molecule has 2 N–H and O–H groups in total. The second-order valence-corrected chi connectivity index (χ2v) is 6.48. The molecule has 110 valence electrons. The molecule has 5 heteroatoms. The second-order valence-electron chi connectivity index (χ2n) is 6.48. The molecule has 1 amide bonds. The van der Waals surface area contributed by atoms with E-state index in [0.717, 1.165) is 32.4 Å². The number of rotatable bonds is 3. The fraction of sp³-hybridized carbons (Fsp3) is 0.929. The maximum Gasteiger partial charge on any atom is 0.242 e. The summed E-state index contributed by atoms with van der Waals surface area (Å²) in [5.74, 6) is 0.163. The van der Waals surface area contributed by atoms with Gasteiger partial charge in [-0.2, -0.15) is 0 Å². The highest BCUT2D eigenvalue weighted by molar-refractivity contribution is 5.86. The zero-order chi connectivity index (χ0) is 14.0. The lowest BCUT2D eigenvalue weighted by atomic mass is 9.89. The lowest BCUT2D eigenvalue weighted by Gasteiger charge is -2.39. The Morgan fingerprint density at radius 2 is 2.21 bits per heavy atom. The number of hydrogen-bond donors (Lipinski definition) is 2. The van der Waals surface area contributed by atoms with E-state index in [9.17, 15) is 9.90 Å². The Morgan fingerprint density at radius 3 is 2.79 bits per heavy atom. The normalized spacial score (nSPS) is 35.9. The molecule has 2 saturated heterocycles. The van der Waals surface area contributed by atoms with Crippen LogP contribution in [0, 0.1) is 0 Å². The van der Waals surface area contributed by atoms with E-state index in [1.165, 1.54) is 0 Å². The van der Waals surface area contributed by atoms with Crippen LogP contribution in [0.5, 0.6) is 0 Å². The molecule has 2 heterocycles. The van der Waals surface area contributed by atoms with E-state index in [4.69, 9.17) is 0 Å². The summed E-state index contributed by atoms with van der Waals surface area (Å²) in [7, 11) is 4.02. The van der Waals surface area contributed by atoms with Gasteiger partial charge in [0.15, 0.2) is 0 Å². The fourth-order valence-corrected chi connectivity index (χ4v) is 3.29. The van der Waals surface area contributed by atoms with Crippen LogP contribution in [0.25, 0.3) is 0 Å². The van der Waals surface area contributed by atoms with Crippen molar-refractivity contribution in [1.29, 1.82) is 0 Å². The third-order valence-electron chi connectivity index (χ3n) is 4.32. The largest absolute Gasteiger partial charge is 0.391 e. The average molecular weight is 269 g/mol. The summed E-state index contributed by atoms with van der Waals surface area (Å²) in [6.07, 6.45) is 3.46. The van der Waals surface area contributed by atoms with Gasteiger partial charge in [-0.1, -0.05) is 0 Å². The van der Waals surface area contributed by atoms with Crippen LogP contribution in [0.2, 0.25) is 0 Å². The highest BCUT2D eigenvalue weighted by Crippen LogP contribution is 2.26. The van der Waals surface area contributed by atoms with E-state index in [2.05, 4.69) is 10.2 Å². The molecule has 0 bridgehead atoms. The Bertz CT molecular complexity index is 327. The minimum atomic E-state index is -0.438. The van der Waals surface area contributed by atoms with Crippen molar-refractivity contribution in [2.75, 3.05) is 33.7 Å². The number of amides is 1. The number of likely N-dealkylation sites (N-methyl/N-ethyl adjacent to an activating group) is 1. The third-order valence-corrected chi connectivity index (χ3v) is 4.32. The molecule has 0 radical (unpaired) electrons. The smallest absolute Gasteiger partial charge is 0.242 e. The van der Waals surface area contributed by atoms with Gasteiger partial charge in [0, 0.05) is 19.1 Å². The van der Waals surface area contributed by atoms with Gasteiger partial charge >= 0.3 is 0 Å². The van der Waals surface area contributed by atoms with E-state index in [1.807, 2.05) is 25.9 Å². The van der Waals surface area contributed by atoms with E-state index in [-0.39, 0.29) is 18.1 Å². The molecule has 3 atom stereocenters. The predicted octanol–water partition coefficient (Wildman–Crippen LogP) is 0.0420. The number of hydrogen-bond acceptors (Lipinski definition) is 4. The van der Waals surface area contributed by atoms with Gasteiger partial charge in [-0.25, -0.2) is 0 Å². The van der Waals surface area contributed by atoms with Crippen LogP contribution in [0.1, 0.15) is 32.6 Å². The molecule has 5 nitrogen and oxygen atoms in total. The summed E-state index contributed by atoms with van der Waals surface area (Å²) in [5, 5.41) is 13.3. The number of nitrogens with one attached hydrogen (secondary N) is 1. The molecule has 2 fully saturated rings. The molecule has 0 aromatic carbocycles. The van der Waals surface area contributed by atoms with Crippen LogP contribution in [-0.4, -0.2) is 72.2 Å². The summed E-state index contributed by atoms with van der Waals surface area (Å²) in [5.41, 5.74) is -0.438. The summed E-state index contributed by atoms with van der Waals surface area (Å²) in [6.45, 7) is 4.22. The Hall–Kier alpha value is -0.650. The number of carbonyl (C=O) groups excluding carboxylic acids is 1. The standard InChI is InChI=1S/C14H27N3O2/c1-14(6-4-5-7-15-14)13(19)17-10-12(18)8-11(17)9-16(2)3/h11-12,15,18H,4-10H2,1-3H3. The van der Waals surface area contributed by atoms with E-state index >= 15 is 0 Å². The summed E-state index contributed by atoms with van der Waals surface area (Å²) >= 11 is 0. The molecule has 2 rings (SSSR count). The van der Waals surface area contributed by atoms with E-state index < -0.39 is 5.54 Å². The minimum absolute atomic E-state index is 0.137. The van der Waals surface area contributed by atoms with Gasteiger partial charge in [0.05, 0.1) is 11.6 Å². The van der Waals surface area contributed by atoms with Crippen molar-refractivity contribution in [3.63, 3.8) is 0 Å². The van der Waals surface area contributed by atoms with Crippen molar-refractivity contribution in [2.45, 2.75) is 50.3 Å². The zero-order valence-electron chi connectivity index (χ0n) is 12.4. The van der Waals surface area contributed by atoms with Crippen molar-refractivity contribution in [2.24, 2.45) is 0 Å². The maximum absolute atomic E-state index is 12.8. The first-order chi connectivity index (χ1) is 8.92. The summed E-state index contributed by atoms with van der Waals surface area (Å²) < 4.78 is 0. The molecular formula is C14H27N3O2. The third kappa shape index (κ3) is 3.27. The van der Waals surface area contributed by atoms with Gasteiger partial charge in [0.2, 0.25) is 5.91 Å². The highest BCUT2D eigenvalue weighted by Gasteiger charge is 2.43. The van der Waals surface area contributed by atoms with Crippen molar-refractivity contribution < 1.29 is 9.90 Å². The van der Waals surface area contributed by atoms with Crippen molar-refractivity contribution in [3.8, 4) is 0 Å². The topological polar surface area (TPSA) is 55.8 Å². The first-order valence-corrected chi connectivity index (χ1v) is 7.31. The first kappa shape index (κ1) is 14.8. The fourth-order valence-electron chi connectivity index (χ4n) is 3.29. The van der Waals surface area contributed by atoms with Gasteiger partial charge in [-0.15, -0.1) is 0 Å². The van der Waals surface area contributed by atoms with Crippen LogP contribution < -0.4 is 5.32 Å². The molecule has 0 saturated carbocycles. The number of carbonyl (C=O) groups is 1. The van der Waals surface area contributed by atoms with Gasteiger partial charge in [-0.3, -0.25) is 4.79 Å². The van der Waals surface area contributed by atoms with Crippen LogP contribution in [0.15, 0.2) is 0 Å². The molecular weight excluding hydrogens is 242 g/mol. The van der Waals surface area contributed by atoms with Gasteiger partial charge in [-0.05, 0) is 53.2 Å². The molecule has 2 aliphatic rings. The molecule has 0 aromatic rings. The minimum Gasteiger partial charge on any atom is -0.391 e. The van der Waals surface area contributed by atoms with Crippen LogP contribution in [-0.2, 0) is 4.79 Å². The molecule has 3 unspecified atom stereocenters.